The van der Waals surface area contributed by atoms with Crippen molar-refractivity contribution < 1.29 is 0 Å². The van der Waals surface area contributed by atoms with Gasteiger partial charge in [-0.2, -0.15) is 5.26 Å². The van der Waals surface area contributed by atoms with Crippen molar-refractivity contribution in [2.24, 2.45) is 5.92 Å². The lowest BCUT2D eigenvalue weighted by Gasteiger charge is -2.23. The van der Waals surface area contributed by atoms with E-state index in [1.807, 2.05) is 19.1 Å². The quantitative estimate of drug-likeness (QED) is 0.815. The van der Waals surface area contributed by atoms with E-state index >= 15 is 0 Å². The van der Waals surface area contributed by atoms with Crippen LogP contribution in [-0.2, 0) is 0 Å². The molecular weight excluding hydrogens is 222 g/mol. The van der Waals surface area contributed by atoms with Gasteiger partial charge in [-0.3, -0.25) is 0 Å². The van der Waals surface area contributed by atoms with E-state index in [2.05, 4.69) is 36.0 Å². The molecule has 0 amide bonds. The highest BCUT2D eigenvalue weighted by Gasteiger charge is 2.20. The van der Waals surface area contributed by atoms with Crippen LogP contribution >= 0.6 is 0 Å². The first-order valence-corrected chi connectivity index (χ1v) is 6.50. The van der Waals surface area contributed by atoms with E-state index in [1.54, 1.807) is 0 Å². The molecule has 0 aromatic heterocycles. The zero-order chi connectivity index (χ0) is 13.1. The molecule has 18 heavy (non-hydrogen) atoms. The first-order valence-electron chi connectivity index (χ1n) is 6.50. The van der Waals surface area contributed by atoms with Gasteiger partial charge in [-0.1, -0.05) is 0 Å². The van der Waals surface area contributed by atoms with E-state index in [9.17, 15) is 0 Å². The number of hydrogen-bond donors (Lipinski definition) is 0. The summed E-state index contributed by atoms with van der Waals surface area (Å²) in [6.07, 6.45) is 1.29. The molecule has 2 rings (SSSR count). The van der Waals surface area contributed by atoms with Crippen LogP contribution in [0.15, 0.2) is 18.2 Å². The SMILES string of the molecule is Cc1cc(N(C)CC2CCN(C)C2)ccc1C#N. The molecule has 1 fully saturated rings. The Balaban J connectivity index is 2.03. The van der Waals surface area contributed by atoms with Crippen molar-refractivity contribution in [3.63, 3.8) is 0 Å². The molecule has 1 heterocycles. The second-order valence-electron chi connectivity index (χ2n) is 5.41. The number of benzene rings is 1. The van der Waals surface area contributed by atoms with Crippen molar-refractivity contribution >= 4 is 5.69 Å². The Kier molecular flexibility index (Phi) is 3.88. The fourth-order valence-corrected chi connectivity index (χ4v) is 2.68. The molecule has 1 unspecified atom stereocenters. The minimum Gasteiger partial charge on any atom is -0.374 e. The number of anilines is 1. The van der Waals surface area contributed by atoms with Gasteiger partial charge in [-0.25, -0.2) is 0 Å². The fourth-order valence-electron chi connectivity index (χ4n) is 2.68. The van der Waals surface area contributed by atoms with Gasteiger partial charge in [0.15, 0.2) is 0 Å². The zero-order valence-electron chi connectivity index (χ0n) is 11.5. The average molecular weight is 243 g/mol. The summed E-state index contributed by atoms with van der Waals surface area (Å²) in [6, 6.07) is 8.29. The zero-order valence-corrected chi connectivity index (χ0v) is 11.5. The summed E-state index contributed by atoms with van der Waals surface area (Å²) in [5, 5.41) is 8.94. The average Bonchev–Trinajstić information content (AvgIpc) is 2.74. The summed E-state index contributed by atoms with van der Waals surface area (Å²) in [5.74, 6) is 0.760. The molecule has 1 aromatic carbocycles. The van der Waals surface area contributed by atoms with Gasteiger partial charge in [-0.05, 0) is 56.6 Å². The maximum absolute atomic E-state index is 8.94. The van der Waals surface area contributed by atoms with E-state index in [-0.39, 0.29) is 0 Å². The van der Waals surface area contributed by atoms with Crippen molar-refractivity contribution in [3.8, 4) is 6.07 Å². The first kappa shape index (κ1) is 12.9. The molecule has 0 N–H and O–H groups in total. The van der Waals surface area contributed by atoms with Gasteiger partial charge >= 0.3 is 0 Å². The minimum absolute atomic E-state index is 0.760. The monoisotopic (exact) mass is 243 g/mol. The smallest absolute Gasteiger partial charge is 0.0994 e. The fraction of sp³-hybridized carbons (Fsp3) is 0.533. The van der Waals surface area contributed by atoms with E-state index in [4.69, 9.17) is 5.26 Å². The summed E-state index contributed by atoms with van der Waals surface area (Å²) in [6.45, 7) is 5.50. The van der Waals surface area contributed by atoms with Crippen LogP contribution in [0.3, 0.4) is 0 Å². The van der Waals surface area contributed by atoms with Crippen LogP contribution in [0.2, 0.25) is 0 Å². The number of aryl methyl sites for hydroxylation is 1. The minimum atomic E-state index is 0.760. The molecule has 96 valence electrons. The molecule has 0 radical (unpaired) electrons. The summed E-state index contributed by atoms with van der Waals surface area (Å²) < 4.78 is 0. The highest BCUT2D eigenvalue weighted by Crippen LogP contribution is 2.21. The molecular formula is C15H21N3. The topological polar surface area (TPSA) is 30.3 Å². The Morgan fingerprint density at radius 1 is 1.50 bits per heavy atom. The predicted molar refractivity (Wildman–Crippen MR) is 74.8 cm³/mol. The molecule has 1 aromatic rings. The molecule has 0 aliphatic carbocycles. The van der Waals surface area contributed by atoms with E-state index < -0.39 is 0 Å². The molecule has 1 aliphatic heterocycles. The maximum Gasteiger partial charge on any atom is 0.0994 e. The molecule has 1 aliphatic rings. The van der Waals surface area contributed by atoms with Gasteiger partial charge in [0.1, 0.15) is 0 Å². The summed E-state index contributed by atoms with van der Waals surface area (Å²) in [7, 11) is 4.32. The van der Waals surface area contributed by atoms with Crippen LogP contribution in [0.25, 0.3) is 0 Å². The predicted octanol–water partition coefficient (Wildman–Crippen LogP) is 2.25. The van der Waals surface area contributed by atoms with Crippen LogP contribution in [-0.4, -0.2) is 38.6 Å². The van der Waals surface area contributed by atoms with E-state index in [1.165, 1.54) is 25.2 Å². The molecule has 3 heteroatoms. The maximum atomic E-state index is 8.94. The van der Waals surface area contributed by atoms with Crippen molar-refractivity contribution in [1.29, 1.82) is 5.26 Å². The van der Waals surface area contributed by atoms with Gasteiger partial charge in [0.05, 0.1) is 11.6 Å². The van der Waals surface area contributed by atoms with Crippen LogP contribution in [0.4, 0.5) is 5.69 Å². The summed E-state index contributed by atoms with van der Waals surface area (Å²) in [5.41, 5.74) is 3.04. The van der Waals surface area contributed by atoms with E-state index in [0.29, 0.717) is 0 Å². The van der Waals surface area contributed by atoms with Crippen LogP contribution in [0.5, 0.6) is 0 Å². The molecule has 0 saturated carbocycles. The third-order valence-corrected chi connectivity index (χ3v) is 3.79. The molecule has 0 spiro atoms. The molecule has 3 nitrogen and oxygen atoms in total. The Morgan fingerprint density at radius 3 is 2.83 bits per heavy atom. The Labute approximate surface area is 110 Å². The molecule has 1 saturated heterocycles. The highest BCUT2D eigenvalue weighted by molar-refractivity contribution is 5.53. The van der Waals surface area contributed by atoms with Crippen molar-refractivity contribution in [3.05, 3.63) is 29.3 Å². The van der Waals surface area contributed by atoms with Crippen molar-refractivity contribution in [2.45, 2.75) is 13.3 Å². The number of nitriles is 1. The second kappa shape index (κ2) is 5.41. The van der Waals surface area contributed by atoms with Crippen molar-refractivity contribution in [2.75, 3.05) is 38.6 Å². The highest BCUT2D eigenvalue weighted by atomic mass is 15.1. The van der Waals surface area contributed by atoms with Gasteiger partial charge in [-0.15, -0.1) is 0 Å². The lowest BCUT2D eigenvalue weighted by molar-refractivity contribution is 0.396. The third-order valence-electron chi connectivity index (χ3n) is 3.79. The second-order valence-corrected chi connectivity index (χ2v) is 5.41. The van der Waals surface area contributed by atoms with Gasteiger partial charge in [0.25, 0.3) is 0 Å². The lowest BCUT2D eigenvalue weighted by Crippen LogP contribution is -2.27. The van der Waals surface area contributed by atoms with Gasteiger partial charge < -0.3 is 9.80 Å². The van der Waals surface area contributed by atoms with Crippen LogP contribution in [0.1, 0.15) is 17.5 Å². The summed E-state index contributed by atoms with van der Waals surface area (Å²) in [4.78, 5) is 4.69. The first-order chi connectivity index (χ1) is 8.60. The Morgan fingerprint density at radius 2 is 2.28 bits per heavy atom. The van der Waals surface area contributed by atoms with Crippen LogP contribution < -0.4 is 4.90 Å². The lowest BCUT2D eigenvalue weighted by atomic mass is 10.1. The van der Waals surface area contributed by atoms with Crippen LogP contribution in [0, 0.1) is 24.2 Å². The number of likely N-dealkylation sites (tertiary alicyclic amines) is 1. The van der Waals surface area contributed by atoms with Gasteiger partial charge in [0.2, 0.25) is 0 Å². The Bertz CT molecular complexity index is 461. The van der Waals surface area contributed by atoms with Crippen molar-refractivity contribution in [1.82, 2.24) is 4.90 Å². The molecule has 1 atom stereocenters. The number of rotatable bonds is 3. The third kappa shape index (κ3) is 2.83. The van der Waals surface area contributed by atoms with E-state index in [0.717, 1.165) is 23.6 Å². The standard InChI is InChI=1S/C15H21N3/c1-12-8-15(5-4-14(12)9-16)18(3)11-13-6-7-17(2)10-13/h4-5,8,13H,6-7,10-11H2,1-3H3. The summed E-state index contributed by atoms with van der Waals surface area (Å²) >= 11 is 0. The number of hydrogen-bond acceptors (Lipinski definition) is 3. The Hall–Kier alpha value is -1.53. The largest absolute Gasteiger partial charge is 0.374 e. The molecule has 0 bridgehead atoms. The van der Waals surface area contributed by atoms with Gasteiger partial charge in [0, 0.05) is 25.8 Å². The number of nitrogens with zero attached hydrogens (tertiary/aromatic N) is 3. The normalized spacial score (nSPS) is 19.8.